The molecule has 0 amide bonds. The molecule has 0 aliphatic heterocycles. The number of benzene rings is 4. The molecule has 0 saturated carbocycles. The molecular formula is C42H52BrClN2Zn. The molecule has 2 aromatic heterocycles. The van der Waals surface area contributed by atoms with Crippen LogP contribution in [0, 0.1) is 31.7 Å². The second-order valence-corrected chi connectivity index (χ2v) is 14.1. The van der Waals surface area contributed by atoms with E-state index < -0.39 is 0 Å². The fourth-order valence-electron chi connectivity index (χ4n) is 7.04. The molecule has 47 heavy (non-hydrogen) atoms. The number of hydrogen-bond acceptors (Lipinski definition) is 0. The van der Waals surface area contributed by atoms with E-state index in [0.717, 1.165) is 46.7 Å². The fourth-order valence-corrected chi connectivity index (χ4v) is 7.40. The first-order valence-corrected chi connectivity index (χ1v) is 22.4. The molecule has 0 radical (unpaired) electrons. The molecular weight excluding hydrogens is 713 g/mol. The van der Waals surface area contributed by atoms with Crippen LogP contribution in [0.3, 0.4) is 0 Å². The van der Waals surface area contributed by atoms with Crippen molar-refractivity contribution < 1.29 is 17.3 Å². The van der Waals surface area contributed by atoms with E-state index in [2.05, 4.69) is 139 Å². The number of hydrogen-bond donors (Lipinski definition) is 0. The van der Waals surface area contributed by atoms with Crippen molar-refractivity contribution in [2.75, 3.05) is 0 Å². The number of aryl methyl sites for hydroxylation is 2. The van der Waals surface area contributed by atoms with Gasteiger partial charge in [-0.1, -0.05) is 117 Å². The minimum absolute atomic E-state index is 0.756. The van der Waals surface area contributed by atoms with Gasteiger partial charge in [-0.2, -0.15) is 18.2 Å². The predicted molar refractivity (Wildman–Crippen MR) is 207 cm³/mol. The molecule has 5 heteroatoms. The Hall–Kier alpha value is -2.13. The molecule has 2 unspecified atom stereocenters. The van der Waals surface area contributed by atoms with Crippen LogP contribution in [0.5, 0.6) is 0 Å². The number of nitrogens with zero attached hydrogens (tertiary/aromatic N) is 2. The van der Waals surface area contributed by atoms with Gasteiger partial charge in [0.25, 0.3) is 0 Å². The van der Waals surface area contributed by atoms with Gasteiger partial charge < -0.3 is 9.13 Å². The van der Waals surface area contributed by atoms with E-state index in [4.69, 9.17) is 9.69 Å². The third-order valence-corrected chi connectivity index (χ3v) is 10.3. The molecule has 0 aliphatic rings. The normalized spacial score (nSPS) is 12.6. The Morgan fingerprint density at radius 1 is 0.638 bits per heavy atom. The summed E-state index contributed by atoms with van der Waals surface area (Å²) in [5.41, 5.74) is 8.15. The van der Waals surface area contributed by atoms with Gasteiger partial charge in [0.2, 0.25) is 0 Å². The summed E-state index contributed by atoms with van der Waals surface area (Å²) in [6.45, 7) is 15.9. The van der Waals surface area contributed by atoms with Gasteiger partial charge in [-0.15, -0.1) is 11.5 Å². The summed E-state index contributed by atoms with van der Waals surface area (Å²) < 4.78 is 6.21. The Morgan fingerprint density at radius 2 is 1.09 bits per heavy atom. The van der Waals surface area contributed by atoms with E-state index in [0.29, 0.717) is 0 Å². The van der Waals surface area contributed by atoms with Crippen LogP contribution in [0.2, 0.25) is 0 Å². The second kappa shape index (κ2) is 18.6. The number of fused-ring (bicyclic) bond motifs is 6. The Kier molecular flexibility index (Phi) is 14.9. The summed E-state index contributed by atoms with van der Waals surface area (Å²) in [6.07, 6.45) is 10.4. The van der Waals surface area contributed by atoms with Crippen LogP contribution in [-0.4, -0.2) is 9.13 Å². The molecule has 0 aliphatic carbocycles. The van der Waals surface area contributed by atoms with E-state index in [1.54, 1.807) is 0 Å². The number of aromatic nitrogens is 2. The van der Waals surface area contributed by atoms with Gasteiger partial charge in [0.15, 0.2) is 0 Å². The first-order valence-electron chi connectivity index (χ1n) is 17.7. The Bertz CT molecular complexity index is 1810. The van der Waals surface area contributed by atoms with Crippen LogP contribution in [0.25, 0.3) is 43.6 Å². The van der Waals surface area contributed by atoms with Crippen LogP contribution < -0.4 is 0 Å². The summed E-state index contributed by atoms with van der Waals surface area (Å²) >= 11 is 4.45. The van der Waals surface area contributed by atoms with Crippen molar-refractivity contribution in [2.24, 2.45) is 11.8 Å². The Morgan fingerprint density at radius 3 is 1.55 bits per heavy atom. The van der Waals surface area contributed by atoms with Crippen molar-refractivity contribution in [3.63, 3.8) is 0 Å². The quantitative estimate of drug-likeness (QED) is 0.0867. The molecule has 246 valence electrons. The zero-order chi connectivity index (χ0) is 33.9. The topological polar surface area (TPSA) is 9.86 Å². The molecule has 0 N–H and O–H groups in total. The minimum atomic E-state index is 0.756. The maximum absolute atomic E-state index is 4.76. The number of rotatable bonds is 12. The Balaban J connectivity index is 0.000000202. The molecule has 0 saturated heterocycles. The SMILES string of the molecule is CCCCC(CC)Cn1c2cc[c-]cc2c2cc(Br)ccc21.CCCCC(CC)Cn1c2ccc(C)cc2c2cc(C)ccc21.[Cl][Zn+]. The summed E-state index contributed by atoms with van der Waals surface area (Å²) in [5, 5.41) is 5.46. The second-order valence-electron chi connectivity index (χ2n) is 13.2. The molecule has 6 rings (SSSR count). The molecule has 2 heterocycles. The van der Waals surface area contributed by atoms with Crippen LogP contribution in [0.15, 0.2) is 77.3 Å². The predicted octanol–water partition coefficient (Wildman–Crippen LogP) is 13.9. The Labute approximate surface area is 306 Å². The third-order valence-electron chi connectivity index (χ3n) is 9.82. The van der Waals surface area contributed by atoms with Crippen LogP contribution >= 0.6 is 25.6 Å². The zero-order valence-corrected chi connectivity index (χ0v) is 34.8. The summed E-state index contributed by atoms with van der Waals surface area (Å²) in [6, 6.07) is 30.0. The van der Waals surface area contributed by atoms with Gasteiger partial charge in [0.05, 0.1) is 0 Å². The van der Waals surface area contributed by atoms with Crippen LogP contribution in [0.1, 0.15) is 90.2 Å². The summed E-state index contributed by atoms with van der Waals surface area (Å²) in [4.78, 5) is 0. The van der Waals surface area contributed by atoms with E-state index in [-0.39, 0.29) is 0 Å². The van der Waals surface area contributed by atoms with Gasteiger partial charge in [-0.25, -0.2) is 0 Å². The van der Waals surface area contributed by atoms with Crippen molar-refractivity contribution in [2.45, 2.75) is 106 Å². The standard InChI is InChI=1S/C22H29N.C20H23BrN.ClH.Zn/c1-5-7-8-18(6-2)15-23-21-11-9-16(3)13-19(21)20-14-17(4)10-12-22(20)23;1-3-5-8-15(4-2)14-22-19-10-7-6-9-17(19)18-13-16(21)11-12-20(18)22;;/h9-14,18H,5-8,15H2,1-4H3;7,9-13,15H,3-5,8,14H2,1-2H3;1H;/q;-1;;+2/p-1. The van der Waals surface area contributed by atoms with E-state index in [1.807, 2.05) is 6.07 Å². The molecule has 2 nitrogen and oxygen atoms in total. The van der Waals surface area contributed by atoms with E-state index >= 15 is 0 Å². The average Bonchev–Trinajstić information content (AvgIpc) is 3.56. The van der Waals surface area contributed by atoms with E-state index in [1.165, 1.54) is 106 Å². The average molecular weight is 766 g/mol. The van der Waals surface area contributed by atoms with Crippen molar-refractivity contribution in [3.8, 4) is 0 Å². The summed E-state index contributed by atoms with van der Waals surface area (Å²) in [7, 11) is 4.76. The van der Waals surface area contributed by atoms with Gasteiger partial charge in [0, 0.05) is 44.9 Å². The molecule has 0 spiro atoms. The van der Waals surface area contributed by atoms with Crippen LogP contribution in [0.4, 0.5) is 0 Å². The molecule has 2 atom stereocenters. The third kappa shape index (κ3) is 9.11. The molecule has 0 bridgehead atoms. The van der Waals surface area contributed by atoms with Crippen molar-refractivity contribution in [1.29, 1.82) is 0 Å². The van der Waals surface area contributed by atoms with Gasteiger partial charge >= 0.3 is 27.0 Å². The van der Waals surface area contributed by atoms with E-state index in [9.17, 15) is 0 Å². The zero-order valence-electron chi connectivity index (χ0n) is 29.5. The van der Waals surface area contributed by atoms with Gasteiger partial charge in [-0.05, 0) is 80.3 Å². The first kappa shape index (κ1) is 37.7. The van der Waals surface area contributed by atoms with Crippen LogP contribution in [-0.2, 0) is 30.4 Å². The molecule has 6 aromatic rings. The number of unbranched alkanes of at least 4 members (excludes halogenated alkanes) is 2. The first-order chi connectivity index (χ1) is 22.9. The van der Waals surface area contributed by atoms with Gasteiger partial charge in [-0.3, -0.25) is 0 Å². The molecule has 0 fully saturated rings. The van der Waals surface area contributed by atoms with Crippen molar-refractivity contribution in [3.05, 3.63) is 94.5 Å². The monoisotopic (exact) mass is 762 g/mol. The van der Waals surface area contributed by atoms with Crippen molar-refractivity contribution >= 4 is 69.2 Å². The van der Waals surface area contributed by atoms with Gasteiger partial charge in [0.1, 0.15) is 0 Å². The maximum atomic E-state index is 4.76. The summed E-state index contributed by atoms with van der Waals surface area (Å²) in [5.74, 6) is 1.53. The fraction of sp³-hybridized carbons (Fsp3) is 0.429. The molecule has 4 aromatic carbocycles. The number of halogens is 2. The van der Waals surface area contributed by atoms with Crippen molar-refractivity contribution in [1.82, 2.24) is 9.13 Å².